The van der Waals surface area contributed by atoms with Crippen LogP contribution in [-0.2, 0) is 6.54 Å². The second kappa shape index (κ2) is 5.60. The zero-order valence-corrected chi connectivity index (χ0v) is 10.6. The van der Waals surface area contributed by atoms with Crippen molar-refractivity contribution in [3.63, 3.8) is 0 Å². The van der Waals surface area contributed by atoms with Crippen LogP contribution in [0.3, 0.4) is 0 Å². The summed E-state index contributed by atoms with van der Waals surface area (Å²) < 4.78 is 5.34. The van der Waals surface area contributed by atoms with E-state index in [1.807, 2.05) is 19.1 Å². The van der Waals surface area contributed by atoms with Gasteiger partial charge >= 0.3 is 6.03 Å². The molecular weight excluding hydrogens is 252 g/mol. The first-order valence-corrected chi connectivity index (χ1v) is 5.87. The lowest BCUT2D eigenvalue weighted by Gasteiger charge is -2.06. The lowest BCUT2D eigenvalue weighted by Crippen LogP contribution is -2.27. The summed E-state index contributed by atoms with van der Waals surface area (Å²) >= 11 is 5.82. The number of benzene rings is 1. The van der Waals surface area contributed by atoms with Crippen LogP contribution in [0.15, 0.2) is 40.8 Å². The van der Waals surface area contributed by atoms with Crippen LogP contribution >= 0.6 is 11.6 Å². The maximum absolute atomic E-state index is 11.6. The molecule has 0 saturated heterocycles. The molecule has 0 bridgehead atoms. The van der Waals surface area contributed by atoms with E-state index in [-0.39, 0.29) is 6.03 Å². The Hall–Kier alpha value is -1.94. The van der Waals surface area contributed by atoms with Gasteiger partial charge in [0.1, 0.15) is 11.5 Å². The quantitative estimate of drug-likeness (QED) is 0.891. The third-order valence-electron chi connectivity index (χ3n) is 2.30. The Morgan fingerprint density at radius 1 is 1.33 bits per heavy atom. The predicted octanol–water partition coefficient (Wildman–Crippen LogP) is 3.56. The number of carbonyl (C=O) groups is 1. The number of rotatable bonds is 3. The van der Waals surface area contributed by atoms with Gasteiger partial charge in [-0.2, -0.15) is 0 Å². The van der Waals surface area contributed by atoms with Gasteiger partial charge in [0.25, 0.3) is 0 Å². The van der Waals surface area contributed by atoms with E-state index in [2.05, 4.69) is 10.6 Å². The van der Waals surface area contributed by atoms with Crippen molar-refractivity contribution in [2.24, 2.45) is 0 Å². The van der Waals surface area contributed by atoms with Gasteiger partial charge in [-0.25, -0.2) is 4.79 Å². The van der Waals surface area contributed by atoms with Crippen LogP contribution in [0.4, 0.5) is 10.5 Å². The molecule has 1 aromatic heterocycles. The van der Waals surface area contributed by atoms with E-state index in [1.54, 1.807) is 24.3 Å². The van der Waals surface area contributed by atoms with Gasteiger partial charge in [0.05, 0.1) is 6.54 Å². The van der Waals surface area contributed by atoms with E-state index in [4.69, 9.17) is 16.0 Å². The van der Waals surface area contributed by atoms with Gasteiger partial charge < -0.3 is 15.1 Å². The first-order chi connectivity index (χ1) is 8.63. The molecule has 0 spiro atoms. The van der Waals surface area contributed by atoms with Crippen LogP contribution in [0, 0.1) is 6.92 Å². The second-order valence-electron chi connectivity index (χ2n) is 3.83. The highest BCUT2D eigenvalue weighted by molar-refractivity contribution is 6.30. The molecule has 2 amide bonds. The molecule has 0 aliphatic heterocycles. The lowest BCUT2D eigenvalue weighted by atomic mass is 10.3. The van der Waals surface area contributed by atoms with E-state index in [0.29, 0.717) is 23.0 Å². The minimum atomic E-state index is -0.300. The highest BCUT2D eigenvalue weighted by atomic mass is 35.5. The zero-order valence-electron chi connectivity index (χ0n) is 9.87. The van der Waals surface area contributed by atoms with Crippen LogP contribution in [-0.4, -0.2) is 6.03 Å². The standard InChI is InChI=1S/C13H13ClN2O2/c1-9-5-6-12(18-9)8-15-13(17)16-11-4-2-3-10(14)7-11/h2-7H,8H2,1H3,(H2,15,16,17). The van der Waals surface area contributed by atoms with Crippen molar-refractivity contribution >= 4 is 23.3 Å². The molecule has 18 heavy (non-hydrogen) atoms. The largest absolute Gasteiger partial charge is 0.465 e. The van der Waals surface area contributed by atoms with Crippen molar-refractivity contribution in [3.05, 3.63) is 52.9 Å². The highest BCUT2D eigenvalue weighted by Crippen LogP contribution is 2.14. The van der Waals surface area contributed by atoms with Crippen LogP contribution in [0.1, 0.15) is 11.5 Å². The number of urea groups is 1. The molecule has 0 aliphatic carbocycles. The molecule has 0 atom stereocenters. The number of aryl methyl sites for hydroxylation is 1. The summed E-state index contributed by atoms with van der Waals surface area (Å²) in [5, 5.41) is 5.96. The molecule has 94 valence electrons. The van der Waals surface area contributed by atoms with E-state index < -0.39 is 0 Å². The molecule has 0 radical (unpaired) electrons. The summed E-state index contributed by atoms with van der Waals surface area (Å²) in [5.41, 5.74) is 0.649. The molecule has 0 aliphatic rings. The Labute approximate surface area is 110 Å². The van der Waals surface area contributed by atoms with Gasteiger partial charge in [0.2, 0.25) is 0 Å². The minimum Gasteiger partial charge on any atom is -0.465 e. The number of halogens is 1. The number of carbonyl (C=O) groups excluding carboxylic acids is 1. The molecule has 5 heteroatoms. The Balaban J connectivity index is 1.85. The Morgan fingerprint density at radius 2 is 2.17 bits per heavy atom. The number of amides is 2. The number of anilines is 1. The monoisotopic (exact) mass is 264 g/mol. The number of furan rings is 1. The number of hydrogen-bond acceptors (Lipinski definition) is 2. The van der Waals surface area contributed by atoms with Crippen LogP contribution < -0.4 is 10.6 Å². The van der Waals surface area contributed by atoms with E-state index in [1.165, 1.54) is 0 Å². The van der Waals surface area contributed by atoms with Crippen LogP contribution in [0.2, 0.25) is 5.02 Å². The topological polar surface area (TPSA) is 54.3 Å². The predicted molar refractivity (Wildman–Crippen MR) is 70.8 cm³/mol. The fraction of sp³-hybridized carbons (Fsp3) is 0.154. The average Bonchev–Trinajstić information content (AvgIpc) is 2.73. The van der Waals surface area contributed by atoms with Gasteiger partial charge in [-0.05, 0) is 37.3 Å². The maximum Gasteiger partial charge on any atom is 0.319 e. The van der Waals surface area contributed by atoms with Crippen LogP contribution in [0.5, 0.6) is 0 Å². The maximum atomic E-state index is 11.6. The van der Waals surface area contributed by atoms with Gasteiger partial charge in [-0.15, -0.1) is 0 Å². The molecule has 1 heterocycles. The summed E-state index contributed by atoms with van der Waals surface area (Å²) in [6.45, 7) is 2.20. The molecule has 0 saturated carbocycles. The first-order valence-electron chi connectivity index (χ1n) is 5.49. The highest BCUT2D eigenvalue weighted by Gasteiger charge is 2.04. The van der Waals surface area contributed by atoms with Crippen LogP contribution in [0.25, 0.3) is 0 Å². The Bertz CT molecular complexity index is 551. The molecule has 0 unspecified atom stereocenters. The summed E-state index contributed by atoms with van der Waals surface area (Å²) in [7, 11) is 0. The van der Waals surface area contributed by atoms with Crippen molar-refractivity contribution in [2.45, 2.75) is 13.5 Å². The van der Waals surface area contributed by atoms with Gasteiger partial charge in [0, 0.05) is 10.7 Å². The summed E-state index contributed by atoms with van der Waals surface area (Å²) in [6, 6.07) is 10.3. The minimum absolute atomic E-state index is 0.300. The molecular formula is C13H13ClN2O2. The summed E-state index contributed by atoms with van der Waals surface area (Å²) in [5.74, 6) is 1.54. The third-order valence-corrected chi connectivity index (χ3v) is 2.54. The third kappa shape index (κ3) is 3.53. The SMILES string of the molecule is Cc1ccc(CNC(=O)Nc2cccc(Cl)c2)o1. The molecule has 2 aromatic rings. The molecule has 4 nitrogen and oxygen atoms in total. The molecule has 0 fully saturated rings. The van der Waals surface area contributed by atoms with Crippen molar-refractivity contribution in [3.8, 4) is 0 Å². The fourth-order valence-electron chi connectivity index (χ4n) is 1.49. The van der Waals surface area contributed by atoms with Crippen molar-refractivity contribution in [1.29, 1.82) is 0 Å². The first kappa shape index (κ1) is 12.5. The Morgan fingerprint density at radius 3 is 2.83 bits per heavy atom. The average molecular weight is 265 g/mol. The van der Waals surface area contributed by atoms with Crippen molar-refractivity contribution < 1.29 is 9.21 Å². The summed E-state index contributed by atoms with van der Waals surface area (Å²) in [6.07, 6.45) is 0. The molecule has 2 N–H and O–H groups in total. The normalized spacial score (nSPS) is 10.1. The zero-order chi connectivity index (χ0) is 13.0. The van der Waals surface area contributed by atoms with Gasteiger partial charge in [-0.1, -0.05) is 17.7 Å². The number of hydrogen-bond donors (Lipinski definition) is 2. The van der Waals surface area contributed by atoms with E-state index in [0.717, 1.165) is 5.76 Å². The second-order valence-corrected chi connectivity index (χ2v) is 4.27. The van der Waals surface area contributed by atoms with Gasteiger partial charge in [0.15, 0.2) is 0 Å². The number of nitrogens with one attached hydrogen (secondary N) is 2. The molecule has 2 rings (SSSR count). The van der Waals surface area contributed by atoms with Crippen molar-refractivity contribution in [2.75, 3.05) is 5.32 Å². The molecule has 1 aromatic carbocycles. The Kier molecular flexibility index (Phi) is 3.89. The smallest absolute Gasteiger partial charge is 0.319 e. The van der Waals surface area contributed by atoms with E-state index >= 15 is 0 Å². The fourth-order valence-corrected chi connectivity index (χ4v) is 1.68. The lowest BCUT2D eigenvalue weighted by molar-refractivity contribution is 0.250. The summed E-state index contributed by atoms with van der Waals surface area (Å²) in [4.78, 5) is 11.6. The van der Waals surface area contributed by atoms with Crippen molar-refractivity contribution in [1.82, 2.24) is 5.32 Å². The van der Waals surface area contributed by atoms with E-state index in [9.17, 15) is 4.79 Å². The van der Waals surface area contributed by atoms with Gasteiger partial charge in [-0.3, -0.25) is 0 Å².